The quantitative estimate of drug-likeness (QED) is 0.832. The minimum Gasteiger partial charge on any atom is -0.481 e. The second-order valence-electron chi connectivity index (χ2n) is 5.91. The summed E-state index contributed by atoms with van der Waals surface area (Å²) in [4.78, 5) is 25.2. The maximum absolute atomic E-state index is 12.4. The number of carboxylic acid groups (broad SMARTS) is 1. The summed E-state index contributed by atoms with van der Waals surface area (Å²) >= 11 is 1.90. The van der Waals surface area contributed by atoms with Crippen molar-refractivity contribution in [1.82, 2.24) is 4.90 Å². The van der Waals surface area contributed by atoms with Gasteiger partial charge in [-0.1, -0.05) is 0 Å². The molecule has 0 spiro atoms. The van der Waals surface area contributed by atoms with Gasteiger partial charge < -0.3 is 10.0 Å². The molecule has 2 atom stereocenters. The molecule has 5 heteroatoms. The second kappa shape index (κ2) is 5.11. The summed E-state index contributed by atoms with van der Waals surface area (Å²) in [7, 11) is 0. The average molecular weight is 271 g/mol. The summed E-state index contributed by atoms with van der Waals surface area (Å²) in [5, 5.41) is 8.98. The molecule has 18 heavy (non-hydrogen) atoms. The van der Waals surface area contributed by atoms with E-state index in [1.165, 1.54) is 0 Å². The topological polar surface area (TPSA) is 57.6 Å². The number of aliphatic carboxylic acids is 1. The molecule has 0 aromatic rings. The van der Waals surface area contributed by atoms with Crippen molar-refractivity contribution >= 4 is 23.6 Å². The summed E-state index contributed by atoms with van der Waals surface area (Å²) in [6.45, 7) is 5.91. The molecule has 0 unspecified atom stereocenters. The Labute approximate surface area is 112 Å². The molecule has 1 saturated heterocycles. The molecular formula is C13H21NO3S. The molecule has 0 aromatic heterocycles. The lowest BCUT2D eigenvalue weighted by Crippen LogP contribution is -2.48. The summed E-state index contributed by atoms with van der Waals surface area (Å²) < 4.78 is 0.124. The predicted molar refractivity (Wildman–Crippen MR) is 71.6 cm³/mol. The molecule has 0 bridgehead atoms. The highest BCUT2D eigenvalue weighted by Crippen LogP contribution is 2.35. The number of hydrogen-bond acceptors (Lipinski definition) is 3. The van der Waals surface area contributed by atoms with Crippen LogP contribution in [0.1, 0.15) is 33.1 Å². The molecule has 1 aliphatic heterocycles. The third-order valence-electron chi connectivity index (χ3n) is 3.87. The summed E-state index contributed by atoms with van der Waals surface area (Å²) in [6, 6.07) is 0. The highest BCUT2D eigenvalue weighted by Gasteiger charge is 2.38. The summed E-state index contributed by atoms with van der Waals surface area (Å²) in [5.74, 6) is 0.0245. The van der Waals surface area contributed by atoms with E-state index in [1.54, 1.807) is 0 Å². The van der Waals surface area contributed by atoms with Gasteiger partial charge in [-0.05, 0) is 33.1 Å². The van der Waals surface area contributed by atoms with Crippen LogP contribution in [0, 0.1) is 11.8 Å². The van der Waals surface area contributed by atoms with Gasteiger partial charge in [0.05, 0.1) is 5.92 Å². The maximum Gasteiger partial charge on any atom is 0.306 e. The van der Waals surface area contributed by atoms with E-state index in [1.807, 2.05) is 16.7 Å². The van der Waals surface area contributed by atoms with Crippen LogP contribution in [0.25, 0.3) is 0 Å². The van der Waals surface area contributed by atoms with Gasteiger partial charge in [-0.25, -0.2) is 0 Å². The lowest BCUT2D eigenvalue weighted by Gasteiger charge is -2.38. The molecular weight excluding hydrogens is 250 g/mol. The first kappa shape index (κ1) is 13.7. The predicted octanol–water partition coefficient (Wildman–Crippen LogP) is 1.84. The molecule has 1 aliphatic carbocycles. The maximum atomic E-state index is 12.4. The largest absolute Gasteiger partial charge is 0.481 e. The Morgan fingerprint density at radius 2 is 1.94 bits per heavy atom. The fourth-order valence-electron chi connectivity index (χ4n) is 2.89. The van der Waals surface area contributed by atoms with Crippen LogP contribution in [-0.4, -0.2) is 45.5 Å². The monoisotopic (exact) mass is 271 g/mol. The van der Waals surface area contributed by atoms with Gasteiger partial charge >= 0.3 is 5.97 Å². The number of carbonyl (C=O) groups excluding carboxylic acids is 1. The van der Waals surface area contributed by atoms with Crippen LogP contribution in [0.4, 0.5) is 0 Å². The van der Waals surface area contributed by atoms with Crippen LogP contribution in [0.15, 0.2) is 0 Å². The first-order valence-electron chi connectivity index (χ1n) is 6.54. The van der Waals surface area contributed by atoms with E-state index < -0.39 is 5.97 Å². The molecule has 1 N–H and O–H groups in total. The number of carbonyl (C=O) groups is 2. The number of rotatable bonds is 2. The van der Waals surface area contributed by atoms with Crippen molar-refractivity contribution in [1.29, 1.82) is 0 Å². The van der Waals surface area contributed by atoms with Gasteiger partial charge in [-0.3, -0.25) is 9.59 Å². The highest BCUT2D eigenvalue weighted by atomic mass is 32.2. The minimum atomic E-state index is -0.750. The van der Waals surface area contributed by atoms with Crippen LogP contribution >= 0.6 is 11.8 Å². The Kier molecular flexibility index (Phi) is 3.90. The van der Waals surface area contributed by atoms with E-state index in [4.69, 9.17) is 5.11 Å². The standard InChI is InChI=1S/C13H21NO3S/c1-13(2)8-14(5-6-18-13)11(15)9-3-4-10(7-9)12(16)17/h9-10H,3-8H2,1-2H3,(H,16,17)/t9-,10+/m1/s1. The van der Waals surface area contributed by atoms with Gasteiger partial charge in [-0.15, -0.1) is 0 Å². The summed E-state index contributed by atoms with van der Waals surface area (Å²) in [5.41, 5.74) is 0. The normalized spacial score (nSPS) is 31.3. The van der Waals surface area contributed by atoms with Crippen LogP contribution < -0.4 is 0 Å². The number of carboxylic acids is 1. The molecule has 102 valence electrons. The van der Waals surface area contributed by atoms with Crippen LogP contribution in [0.2, 0.25) is 0 Å². The first-order chi connectivity index (χ1) is 8.39. The smallest absolute Gasteiger partial charge is 0.306 e. The van der Waals surface area contributed by atoms with Gasteiger partial charge in [0.2, 0.25) is 5.91 Å². The molecule has 2 fully saturated rings. The molecule has 4 nitrogen and oxygen atoms in total. The highest BCUT2D eigenvalue weighted by molar-refractivity contribution is 8.00. The van der Waals surface area contributed by atoms with E-state index >= 15 is 0 Å². The van der Waals surface area contributed by atoms with E-state index in [-0.39, 0.29) is 22.5 Å². The molecule has 1 amide bonds. The average Bonchev–Trinajstić information content (AvgIpc) is 2.76. The van der Waals surface area contributed by atoms with Crippen molar-refractivity contribution in [2.24, 2.45) is 11.8 Å². The molecule has 2 aliphatic rings. The van der Waals surface area contributed by atoms with E-state index in [0.717, 1.165) is 25.3 Å². The van der Waals surface area contributed by atoms with Gasteiger partial charge in [-0.2, -0.15) is 11.8 Å². The molecule has 0 aromatic carbocycles. The second-order valence-corrected chi connectivity index (χ2v) is 7.72. The third-order valence-corrected chi connectivity index (χ3v) is 5.17. The number of nitrogens with zero attached hydrogens (tertiary/aromatic N) is 1. The van der Waals surface area contributed by atoms with Crippen LogP contribution in [0.3, 0.4) is 0 Å². The minimum absolute atomic E-state index is 0.0648. The Morgan fingerprint density at radius 3 is 2.50 bits per heavy atom. The first-order valence-corrected chi connectivity index (χ1v) is 7.53. The Balaban J connectivity index is 1.94. The van der Waals surface area contributed by atoms with Crippen molar-refractivity contribution in [3.63, 3.8) is 0 Å². The van der Waals surface area contributed by atoms with Crippen LogP contribution in [0.5, 0.6) is 0 Å². The molecule has 1 heterocycles. The molecule has 2 rings (SSSR count). The van der Waals surface area contributed by atoms with Crippen molar-refractivity contribution in [2.45, 2.75) is 37.9 Å². The lowest BCUT2D eigenvalue weighted by atomic mass is 10.0. The van der Waals surface area contributed by atoms with E-state index in [2.05, 4.69) is 13.8 Å². The van der Waals surface area contributed by atoms with E-state index in [9.17, 15) is 9.59 Å². The zero-order valence-electron chi connectivity index (χ0n) is 11.0. The summed E-state index contributed by atoms with van der Waals surface area (Å²) in [6.07, 6.45) is 1.91. The number of hydrogen-bond donors (Lipinski definition) is 1. The Morgan fingerprint density at radius 1 is 1.28 bits per heavy atom. The van der Waals surface area contributed by atoms with E-state index in [0.29, 0.717) is 12.8 Å². The number of thioether (sulfide) groups is 1. The zero-order valence-corrected chi connectivity index (χ0v) is 11.8. The van der Waals surface area contributed by atoms with Crippen molar-refractivity contribution in [3.8, 4) is 0 Å². The van der Waals surface area contributed by atoms with Crippen molar-refractivity contribution in [3.05, 3.63) is 0 Å². The van der Waals surface area contributed by atoms with Crippen LogP contribution in [-0.2, 0) is 9.59 Å². The van der Waals surface area contributed by atoms with Gasteiger partial charge in [0.15, 0.2) is 0 Å². The fraction of sp³-hybridized carbons (Fsp3) is 0.846. The third kappa shape index (κ3) is 2.99. The van der Waals surface area contributed by atoms with Crippen molar-refractivity contribution in [2.75, 3.05) is 18.8 Å². The fourth-order valence-corrected chi connectivity index (χ4v) is 4.00. The SMILES string of the molecule is CC1(C)CN(C(=O)[C@@H]2CC[C@H](C(=O)O)C2)CCS1. The zero-order chi connectivity index (χ0) is 13.3. The lowest BCUT2D eigenvalue weighted by molar-refractivity contribution is -0.141. The van der Waals surface area contributed by atoms with Crippen molar-refractivity contribution < 1.29 is 14.7 Å². The molecule has 0 radical (unpaired) electrons. The Hall–Kier alpha value is -0.710. The van der Waals surface area contributed by atoms with Gasteiger partial charge in [0.25, 0.3) is 0 Å². The Bertz CT molecular complexity index is 356. The van der Waals surface area contributed by atoms with Gasteiger partial charge in [0, 0.05) is 29.5 Å². The number of amides is 1. The van der Waals surface area contributed by atoms with Gasteiger partial charge in [0.1, 0.15) is 0 Å². The molecule has 1 saturated carbocycles.